The highest BCUT2D eigenvalue weighted by molar-refractivity contribution is 7.92. The van der Waals surface area contributed by atoms with E-state index in [0.717, 1.165) is 36.4 Å². The normalized spacial score (nSPS) is 15.6. The molecule has 11 nitrogen and oxygen atoms in total. The van der Waals surface area contributed by atoms with Gasteiger partial charge in [0.05, 0.1) is 32.1 Å². The summed E-state index contributed by atoms with van der Waals surface area (Å²) in [5, 5.41) is 3.50. The lowest BCUT2D eigenvalue weighted by Crippen LogP contribution is -2.17. The Hall–Kier alpha value is -4.60. The summed E-state index contributed by atoms with van der Waals surface area (Å²) < 4.78 is 67.9. The van der Waals surface area contributed by atoms with Crippen LogP contribution in [0.5, 0.6) is 0 Å². The van der Waals surface area contributed by atoms with E-state index in [0.29, 0.717) is 39.2 Å². The van der Waals surface area contributed by atoms with Gasteiger partial charge in [-0.3, -0.25) is 9.29 Å². The Morgan fingerprint density at radius 1 is 1.07 bits per heavy atom. The Labute approximate surface area is 254 Å². The predicted octanol–water partition coefficient (Wildman–Crippen LogP) is 6.33. The first-order valence-corrected chi connectivity index (χ1v) is 16.0. The van der Waals surface area contributed by atoms with Crippen molar-refractivity contribution in [2.24, 2.45) is 0 Å². The molecule has 0 spiro atoms. The Morgan fingerprint density at radius 2 is 1.95 bits per heavy atom. The number of sulfonamides is 1. The smallest absolute Gasteiger partial charge is 0.262 e. The SMILES string of the molecule is Cc1nc2ccc(S(=O)(=O)Nc3ccc(F)c(Nc4ncccc4-c4ncnc5c4ncn5C4CCCCO4)c3F)cc2s1. The first-order chi connectivity index (χ1) is 21.3. The summed E-state index contributed by atoms with van der Waals surface area (Å²) >= 11 is 1.34. The van der Waals surface area contributed by atoms with Gasteiger partial charge in [-0.1, -0.05) is 0 Å². The van der Waals surface area contributed by atoms with E-state index in [-0.39, 0.29) is 16.9 Å². The topological polar surface area (TPSA) is 137 Å². The fourth-order valence-corrected chi connectivity index (χ4v) is 7.18. The second kappa shape index (κ2) is 11.2. The van der Waals surface area contributed by atoms with E-state index in [2.05, 4.69) is 35.0 Å². The van der Waals surface area contributed by atoms with Crippen LogP contribution in [0.25, 0.3) is 32.6 Å². The molecular formula is C29H24F2N8O3S2. The Balaban J connectivity index is 1.22. The largest absolute Gasteiger partial charge is 0.358 e. The van der Waals surface area contributed by atoms with Crippen LogP contribution in [0.2, 0.25) is 0 Å². The van der Waals surface area contributed by atoms with E-state index in [1.54, 1.807) is 24.5 Å². The molecule has 5 heterocycles. The molecule has 0 radical (unpaired) electrons. The molecule has 44 heavy (non-hydrogen) atoms. The van der Waals surface area contributed by atoms with Crippen molar-refractivity contribution < 1.29 is 21.9 Å². The van der Waals surface area contributed by atoms with E-state index in [1.807, 2.05) is 11.5 Å². The van der Waals surface area contributed by atoms with Crippen molar-refractivity contribution in [3.8, 4) is 11.3 Å². The number of hydrogen-bond acceptors (Lipinski definition) is 10. The van der Waals surface area contributed by atoms with Crippen LogP contribution >= 0.6 is 11.3 Å². The van der Waals surface area contributed by atoms with E-state index in [1.165, 1.54) is 36.0 Å². The average Bonchev–Trinajstić information content (AvgIpc) is 3.64. The van der Waals surface area contributed by atoms with Crippen LogP contribution in [0.15, 0.2) is 66.2 Å². The fourth-order valence-electron chi connectivity index (χ4n) is 5.15. The monoisotopic (exact) mass is 634 g/mol. The van der Waals surface area contributed by atoms with Crippen LogP contribution in [0.3, 0.4) is 0 Å². The molecule has 6 aromatic rings. The van der Waals surface area contributed by atoms with Gasteiger partial charge in [-0.05, 0) is 68.7 Å². The van der Waals surface area contributed by atoms with Gasteiger partial charge < -0.3 is 10.1 Å². The van der Waals surface area contributed by atoms with Crippen LogP contribution in [0.4, 0.5) is 26.0 Å². The lowest BCUT2D eigenvalue weighted by molar-refractivity contribution is -0.0298. The van der Waals surface area contributed by atoms with Gasteiger partial charge in [-0.2, -0.15) is 0 Å². The number of thiazole rings is 1. The third-order valence-corrected chi connectivity index (χ3v) is 9.54. The number of imidazole rings is 1. The molecular weight excluding hydrogens is 611 g/mol. The van der Waals surface area contributed by atoms with Crippen molar-refractivity contribution in [2.45, 2.75) is 37.3 Å². The Morgan fingerprint density at radius 3 is 2.80 bits per heavy atom. The van der Waals surface area contributed by atoms with Gasteiger partial charge in [0, 0.05) is 18.4 Å². The van der Waals surface area contributed by atoms with Gasteiger partial charge in [-0.15, -0.1) is 11.3 Å². The van der Waals surface area contributed by atoms with Crippen LogP contribution in [-0.2, 0) is 14.8 Å². The molecule has 15 heteroatoms. The molecule has 2 aromatic carbocycles. The quantitative estimate of drug-likeness (QED) is 0.206. The fraction of sp³-hybridized carbons (Fsp3) is 0.207. The van der Waals surface area contributed by atoms with Crippen LogP contribution in [0.1, 0.15) is 30.5 Å². The molecule has 2 N–H and O–H groups in total. The van der Waals surface area contributed by atoms with Crippen LogP contribution < -0.4 is 10.0 Å². The lowest BCUT2D eigenvalue weighted by Gasteiger charge is -2.23. The van der Waals surface area contributed by atoms with E-state index in [4.69, 9.17) is 4.74 Å². The lowest BCUT2D eigenvalue weighted by atomic mass is 10.1. The van der Waals surface area contributed by atoms with Gasteiger partial charge in [0.15, 0.2) is 11.5 Å². The number of fused-ring (bicyclic) bond motifs is 2. The number of anilines is 3. The zero-order valence-electron chi connectivity index (χ0n) is 23.2. The number of aryl methyl sites for hydroxylation is 1. The highest BCUT2D eigenvalue weighted by Crippen LogP contribution is 2.36. The second-order valence-electron chi connectivity index (χ2n) is 10.1. The zero-order valence-corrected chi connectivity index (χ0v) is 24.8. The third-order valence-electron chi connectivity index (χ3n) is 7.24. The van der Waals surface area contributed by atoms with Crippen molar-refractivity contribution >= 4 is 59.9 Å². The predicted molar refractivity (Wildman–Crippen MR) is 162 cm³/mol. The summed E-state index contributed by atoms with van der Waals surface area (Å²) in [6.45, 7) is 2.46. The van der Waals surface area contributed by atoms with Crippen molar-refractivity contribution in [3.05, 3.63) is 78.0 Å². The minimum Gasteiger partial charge on any atom is -0.358 e. The molecule has 1 unspecified atom stereocenters. The molecule has 0 saturated carbocycles. The first kappa shape index (κ1) is 28.2. The summed E-state index contributed by atoms with van der Waals surface area (Å²) in [4.78, 5) is 21.9. The summed E-state index contributed by atoms with van der Waals surface area (Å²) in [5.41, 5.74) is 1.45. The minimum atomic E-state index is -4.22. The molecule has 0 amide bonds. The maximum Gasteiger partial charge on any atom is 0.262 e. The van der Waals surface area contributed by atoms with Crippen LogP contribution in [0, 0.1) is 18.6 Å². The van der Waals surface area contributed by atoms with E-state index < -0.39 is 33.0 Å². The van der Waals surface area contributed by atoms with Gasteiger partial charge >= 0.3 is 0 Å². The summed E-state index contributed by atoms with van der Waals surface area (Å²) in [6, 6.07) is 9.77. The van der Waals surface area contributed by atoms with Crippen molar-refractivity contribution in [1.82, 2.24) is 29.5 Å². The van der Waals surface area contributed by atoms with Gasteiger partial charge in [-0.25, -0.2) is 42.1 Å². The Bertz CT molecular complexity index is 2150. The molecule has 0 bridgehead atoms. The molecule has 1 atom stereocenters. The second-order valence-corrected chi connectivity index (χ2v) is 13.1. The van der Waals surface area contributed by atoms with Gasteiger partial charge in [0.25, 0.3) is 10.0 Å². The maximum absolute atomic E-state index is 15.8. The number of nitrogens with zero attached hydrogens (tertiary/aromatic N) is 6. The zero-order chi connectivity index (χ0) is 30.4. The maximum atomic E-state index is 15.8. The molecule has 4 aromatic heterocycles. The Kier molecular flexibility index (Phi) is 7.14. The van der Waals surface area contributed by atoms with Gasteiger partial charge in [0.2, 0.25) is 0 Å². The molecule has 0 aliphatic carbocycles. The minimum absolute atomic E-state index is 0.0789. The molecule has 1 aliphatic rings. The van der Waals surface area contributed by atoms with Crippen molar-refractivity contribution in [3.63, 3.8) is 0 Å². The highest BCUT2D eigenvalue weighted by atomic mass is 32.2. The summed E-state index contributed by atoms with van der Waals surface area (Å²) in [6.07, 6.45) is 7.12. The molecule has 1 aliphatic heterocycles. The molecule has 1 fully saturated rings. The molecule has 7 rings (SSSR count). The molecule has 1 saturated heterocycles. The average molecular weight is 635 g/mol. The number of hydrogen-bond donors (Lipinski definition) is 2. The number of nitrogens with one attached hydrogen (secondary N) is 2. The number of rotatable bonds is 7. The first-order valence-electron chi connectivity index (χ1n) is 13.7. The van der Waals surface area contributed by atoms with E-state index in [9.17, 15) is 8.42 Å². The van der Waals surface area contributed by atoms with Crippen molar-refractivity contribution in [1.29, 1.82) is 0 Å². The summed E-state index contributed by atoms with van der Waals surface area (Å²) in [5.74, 6) is -2.01. The molecule has 224 valence electrons. The standard InChI is InChI=1S/C29H24F2N8O3S2/c1-16-36-20-9-7-17(13-22(20)43-16)44(40,41)38-21-10-8-19(30)26(24(21)31)37-28-18(5-4-11-32-28)25-27-29(34-14-33-25)39(15-35-27)23-6-2-3-12-42-23/h4-5,7-11,13-15,23,38H,2-3,6,12H2,1H3,(H,32,37). The van der Waals surface area contributed by atoms with E-state index >= 15 is 8.78 Å². The van der Waals surface area contributed by atoms with Crippen molar-refractivity contribution in [2.75, 3.05) is 16.6 Å². The number of pyridine rings is 1. The third kappa shape index (κ3) is 5.12. The number of aromatic nitrogens is 6. The van der Waals surface area contributed by atoms with Crippen LogP contribution in [-0.4, -0.2) is 44.5 Å². The number of ether oxygens (including phenoxy) is 1. The van der Waals surface area contributed by atoms with Gasteiger partial charge in [0.1, 0.15) is 41.1 Å². The number of benzene rings is 2. The summed E-state index contributed by atoms with van der Waals surface area (Å²) in [7, 11) is -4.22. The highest BCUT2D eigenvalue weighted by Gasteiger charge is 2.24. The number of halogens is 2.